The van der Waals surface area contributed by atoms with E-state index in [-0.39, 0.29) is 10.8 Å². The highest BCUT2D eigenvalue weighted by atomic mass is 19.5. The minimum atomic E-state index is -6.00. The van der Waals surface area contributed by atoms with Gasteiger partial charge in [-0.25, -0.2) is 4.99 Å². The van der Waals surface area contributed by atoms with E-state index in [2.05, 4.69) is 95.2 Å². The number of hydrogen-bond donors (Lipinski definition) is 1. The summed E-state index contributed by atoms with van der Waals surface area (Å²) in [7, 11) is -6.00. The molecule has 7 heteroatoms. The molecule has 3 rings (SSSR count). The normalized spacial score (nSPS) is 16.9. The van der Waals surface area contributed by atoms with Crippen LogP contribution >= 0.6 is 0 Å². The molecule has 0 aromatic heterocycles. The van der Waals surface area contributed by atoms with Crippen LogP contribution in [0.4, 0.5) is 17.3 Å². The monoisotopic (exact) mass is 421 g/mol. The molecule has 0 saturated heterocycles. The average molecular weight is 421 g/mol. The summed E-state index contributed by atoms with van der Waals surface area (Å²) >= 11 is 0. The summed E-state index contributed by atoms with van der Waals surface area (Å²) in [6, 6.07) is 10.4. The maximum absolute atomic E-state index is 9.75. The molecule has 0 amide bonds. The van der Waals surface area contributed by atoms with Gasteiger partial charge in [0.05, 0.1) is 11.1 Å². The molecular weight excluding hydrogens is 393 g/mol. The third kappa shape index (κ3) is 7.04. The SMILES string of the molecule is CC(C)(C)C1=CC(=C2C=C(c3ccccc3)C=[NH+]2)C=C(C(C)(C)C)O1.F[B-](F)(F)F. The summed E-state index contributed by atoms with van der Waals surface area (Å²) in [5, 5.41) is 0. The molecule has 0 atom stereocenters. The molecule has 2 nitrogen and oxygen atoms in total. The lowest BCUT2D eigenvalue weighted by Crippen LogP contribution is -2.64. The lowest BCUT2D eigenvalue weighted by atomic mass is 9.86. The van der Waals surface area contributed by atoms with Crippen LogP contribution in [0.15, 0.2) is 71.3 Å². The molecule has 0 fully saturated rings. The third-order valence-corrected chi connectivity index (χ3v) is 4.37. The number of benzene rings is 1. The molecule has 1 aromatic carbocycles. The first-order valence-electron chi connectivity index (χ1n) is 9.75. The zero-order chi connectivity index (χ0) is 22.7. The summed E-state index contributed by atoms with van der Waals surface area (Å²) < 4.78 is 45.2. The van der Waals surface area contributed by atoms with Crippen molar-refractivity contribution in [3.63, 3.8) is 0 Å². The number of rotatable bonds is 1. The van der Waals surface area contributed by atoms with Gasteiger partial charge >= 0.3 is 7.25 Å². The summed E-state index contributed by atoms with van der Waals surface area (Å²) in [4.78, 5) is 3.44. The van der Waals surface area contributed by atoms with Gasteiger partial charge in [0, 0.05) is 16.9 Å². The molecule has 1 aromatic rings. The van der Waals surface area contributed by atoms with Crippen LogP contribution in [0.1, 0.15) is 47.1 Å². The van der Waals surface area contributed by atoms with Gasteiger partial charge in [0.25, 0.3) is 0 Å². The molecular formula is C23H28BF4NO. The molecule has 0 unspecified atom stereocenters. The van der Waals surface area contributed by atoms with Crippen LogP contribution in [-0.4, -0.2) is 13.5 Å². The van der Waals surface area contributed by atoms with Crippen LogP contribution in [0.25, 0.3) is 5.57 Å². The highest BCUT2D eigenvalue weighted by Gasteiger charge is 2.30. The van der Waals surface area contributed by atoms with Crippen molar-refractivity contribution >= 4 is 19.0 Å². The Kier molecular flexibility index (Phi) is 6.85. The second kappa shape index (κ2) is 8.66. The molecule has 0 spiro atoms. The van der Waals surface area contributed by atoms with Gasteiger partial charge in [-0.1, -0.05) is 71.9 Å². The highest BCUT2D eigenvalue weighted by molar-refractivity contribution is 6.50. The van der Waals surface area contributed by atoms with Gasteiger partial charge in [0.2, 0.25) is 5.70 Å². The van der Waals surface area contributed by atoms with Crippen molar-refractivity contribution in [2.45, 2.75) is 41.5 Å². The van der Waals surface area contributed by atoms with E-state index in [4.69, 9.17) is 4.74 Å². The summed E-state index contributed by atoms with van der Waals surface area (Å²) in [5.74, 6) is 2.01. The Bertz CT molecular complexity index is 887. The topological polar surface area (TPSA) is 23.2 Å². The molecule has 2 heterocycles. The largest absolute Gasteiger partial charge is 0.673 e. The summed E-state index contributed by atoms with van der Waals surface area (Å²) in [6.45, 7) is 13.1. The number of halogens is 4. The van der Waals surface area contributed by atoms with E-state index in [1.165, 1.54) is 16.7 Å². The van der Waals surface area contributed by atoms with E-state index in [9.17, 15) is 17.3 Å². The maximum atomic E-state index is 9.75. The van der Waals surface area contributed by atoms with Crippen molar-refractivity contribution in [2.75, 3.05) is 0 Å². The molecule has 2 aliphatic rings. The van der Waals surface area contributed by atoms with Crippen LogP contribution in [0.5, 0.6) is 0 Å². The fourth-order valence-electron chi connectivity index (χ4n) is 2.75. The number of nitrogens with one attached hydrogen (secondary N) is 1. The van der Waals surface area contributed by atoms with Crippen LogP contribution < -0.4 is 4.99 Å². The Balaban J connectivity index is 0.000000575. The quantitative estimate of drug-likeness (QED) is 0.458. The zero-order valence-electron chi connectivity index (χ0n) is 18.2. The molecule has 0 aliphatic carbocycles. The van der Waals surface area contributed by atoms with Crippen molar-refractivity contribution in [3.8, 4) is 0 Å². The van der Waals surface area contributed by atoms with Gasteiger partial charge in [-0.05, 0) is 17.7 Å². The van der Waals surface area contributed by atoms with Crippen molar-refractivity contribution in [2.24, 2.45) is 10.8 Å². The van der Waals surface area contributed by atoms with Gasteiger partial charge in [0.15, 0.2) is 6.21 Å². The van der Waals surface area contributed by atoms with Crippen LogP contribution in [0.3, 0.4) is 0 Å². The second-order valence-corrected chi connectivity index (χ2v) is 9.24. The van der Waals surface area contributed by atoms with Crippen LogP contribution in [0, 0.1) is 10.8 Å². The predicted molar refractivity (Wildman–Crippen MR) is 115 cm³/mol. The minimum Gasteiger partial charge on any atom is -0.465 e. The van der Waals surface area contributed by atoms with Crippen LogP contribution in [-0.2, 0) is 4.74 Å². The fraction of sp³-hybridized carbons (Fsp3) is 0.348. The molecule has 1 N–H and O–H groups in total. The Morgan fingerprint density at radius 1 is 0.767 bits per heavy atom. The summed E-state index contributed by atoms with van der Waals surface area (Å²) in [5.41, 5.74) is 4.63. The number of hydrogen-bond acceptors (Lipinski definition) is 1. The van der Waals surface area contributed by atoms with Gasteiger partial charge in [-0.2, -0.15) is 0 Å². The smallest absolute Gasteiger partial charge is 0.465 e. The lowest BCUT2D eigenvalue weighted by Gasteiger charge is -2.32. The Morgan fingerprint density at radius 2 is 1.23 bits per heavy atom. The predicted octanol–water partition coefficient (Wildman–Crippen LogP) is 5.68. The van der Waals surface area contributed by atoms with E-state index >= 15 is 0 Å². The third-order valence-electron chi connectivity index (χ3n) is 4.37. The van der Waals surface area contributed by atoms with Crippen molar-refractivity contribution in [1.82, 2.24) is 0 Å². The van der Waals surface area contributed by atoms with E-state index in [0.717, 1.165) is 17.2 Å². The maximum Gasteiger partial charge on any atom is 0.673 e. The Hall–Kier alpha value is -2.57. The Morgan fingerprint density at radius 3 is 1.67 bits per heavy atom. The molecule has 30 heavy (non-hydrogen) atoms. The standard InChI is InChI=1S/C23H27NO.BF4/c1-22(2,3)20-13-17(14-21(25-20)23(4,5)6)19-12-18(15-24-19)16-10-8-7-9-11-16;2-1(3,4)5/h7-15H,1-6H3;/q;-1/p+1. The van der Waals surface area contributed by atoms with Gasteiger partial charge in [-0.3, -0.25) is 0 Å². The average Bonchev–Trinajstić information content (AvgIpc) is 3.09. The number of allylic oxidation sites excluding steroid dienone is 7. The minimum absolute atomic E-state index is 0.0368. The lowest BCUT2D eigenvalue weighted by molar-refractivity contribution is -0.381. The van der Waals surface area contributed by atoms with Gasteiger partial charge < -0.3 is 22.0 Å². The molecule has 2 aliphatic heterocycles. The van der Waals surface area contributed by atoms with E-state index in [0.29, 0.717) is 0 Å². The fourth-order valence-corrected chi connectivity index (χ4v) is 2.75. The zero-order valence-corrected chi connectivity index (χ0v) is 18.2. The first kappa shape index (κ1) is 23.7. The number of ether oxygens (including phenoxy) is 1. The van der Waals surface area contributed by atoms with Crippen LogP contribution in [0.2, 0.25) is 0 Å². The van der Waals surface area contributed by atoms with E-state index in [1.54, 1.807) is 0 Å². The van der Waals surface area contributed by atoms with Crippen molar-refractivity contribution < 1.29 is 27.0 Å². The molecule has 162 valence electrons. The van der Waals surface area contributed by atoms with E-state index < -0.39 is 7.25 Å². The Labute approximate surface area is 175 Å². The molecule has 0 radical (unpaired) electrons. The first-order chi connectivity index (χ1) is 13.6. The highest BCUT2D eigenvalue weighted by Crippen LogP contribution is 2.39. The molecule has 0 saturated carbocycles. The van der Waals surface area contributed by atoms with E-state index in [1.807, 2.05) is 6.07 Å². The van der Waals surface area contributed by atoms with Crippen molar-refractivity contribution in [3.05, 3.63) is 76.9 Å². The first-order valence-corrected chi connectivity index (χ1v) is 9.75. The van der Waals surface area contributed by atoms with Crippen molar-refractivity contribution in [1.29, 1.82) is 0 Å². The molecule has 0 bridgehead atoms. The summed E-state index contributed by atoms with van der Waals surface area (Å²) in [6.07, 6.45) is 8.61. The van der Waals surface area contributed by atoms with Gasteiger partial charge in [0.1, 0.15) is 11.5 Å². The second-order valence-electron chi connectivity index (χ2n) is 9.24. The van der Waals surface area contributed by atoms with Gasteiger partial charge in [-0.15, -0.1) is 0 Å².